The second-order valence-corrected chi connectivity index (χ2v) is 10.4. The highest BCUT2D eigenvalue weighted by molar-refractivity contribution is 5.92. The first kappa shape index (κ1) is 28.7. The maximum atomic E-state index is 13.7. The number of likely N-dealkylation sites (N-methyl/N-ethyl adjacent to an activating group) is 1. The maximum Gasteiger partial charge on any atom is 0.408 e. The van der Waals surface area contributed by atoms with E-state index in [9.17, 15) is 19.5 Å². The number of phenols is 1. The second kappa shape index (κ2) is 12.4. The van der Waals surface area contributed by atoms with Crippen molar-refractivity contribution in [3.05, 3.63) is 65.2 Å². The van der Waals surface area contributed by atoms with Crippen LogP contribution < -0.4 is 10.6 Å². The Hall–Kier alpha value is -3.55. The molecule has 8 nitrogen and oxygen atoms in total. The standard InChI is InChI=1S/C28H39N3O5/c1-18(2)16-22(30-27(35)36-28(4,5)6)26(34)31(7)23(21-15-11-12-19(3)24(21)32)25(33)29-17-20-13-9-8-10-14-20/h8-15,18,22-23,32H,16-17H2,1-7H3,(H,29,33)(H,30,35). The van der Waals surface area contributed by atoms with Crippen LogP contribution in [0.15, 0.2) is 48.5 Å². The summed E-state index contributed by atoms with van der Waals surface area (Å²) in [5.74, 6) is -0.885. The number of aromatic hydroxyl groups is 1. The van der Waals surface area contributed by atoms with Gasteiger partial charge < -0.3 is 25.4 Å². The van der Waals surface area contributed by atoms with E-state index in [-0.39, 0.29) is 18.2 Å². The van der Waals surface area contributed by atoms with Crippen molar-refractivity contribution in [2.75, 3.05) is 7.05 Å². The highest BCUT2D eigenvalue weighted by Crippen LogP contribution is 2.31. The number of benzene rings is 2. The van der Waals surface area contributed by atoms with Crippen molar-refractivity contribution in [3.63, 3.8) is 0 Å². The average molecular weight is 498 g/mol. The van der Waals surface area contributed by atoms with Crippen molar-refractivity contribution in [2.24, 2.45) is 5.92 Å². The Labute approximate surface area is 214 Å². The number of alkyl carbamates (subject to hydrolysis) is 1. The zero-order chi connectivity index (χ0) is 27.0. The minimum absolute atomic E-state index is 0.0578. The van der Waals surface area contributed by atoms with Crippen molar-refractivity contribution >= 4 is 17.9 Å². The highest BCUT2D eigenvalue weighted by atomic mass is 16.6. The molecule has 2 aromatic rings. The van der Waals surface area contributed by atoms with Gasteiger partial charge in [-0.3, -0.25) is 9.59 Å². The summed E-state index contributed by atoms with van der Waals surface area (Å²) in [6.45, 7) is 11.1. The molecule has 2 rings (SSSR count). The van der Waals surface area contributed by atoms with Crippen molar-refractivity contribution in [1.82, 2.24) is 15.5 Å². The molecule has 2 atom stereocenters. The van der Waals surface area contributed by atoms with Crippen LogP contribution in [0.25, 0.3) is 0 Å². The van der Waals surface area contributed by atoms with Gasteiger partial charge in [0, 0.05) is 19.2 Å². The van der Waals surface area contributed by atoms with E-state index in [1.165, 1.54) is 11.9 Å². The normalized spacial score (nSPS) is 13.0. The van der Waals surface area contributed by atoms with Gasteiger partial charge in [0.05, 0.1) is 0 Å². The fourth-order valence-electron chi connectivity index (χ4n) is 3.83. The van der Waals surface area contributed by atoms with Crippen LogP contribution in [0.4, 0.5) is 4.79 Å². The molecule has 3 N–H and O–H groups in total. The van der Waals surface area contributed by atoms with Crippen molar-refractivity contribution < 1.29 is 24.2 Å². The number of carbonyl (C=O) groups is 3. The van der Waals surface area contributed by atoms with Crippen LogP contribution in [-0.2, 0) is 20.9 Å². The second-order valence-electron chi connectivity index (χ2n) is 10.4. The van der Waals surface area contributed by atoms with E-state index in [0.29, 0.717) is 17.5 Å². The van der Waals surface area contributed by atoms with Gasteiger partial charge >= 0.3 is 6.09 Å². The van der Waals surface area contributed by atoms with Gasteiger partial charge in [0.2, 0.25) is 11.8 Å². The fourth-order valence-corrected chi connectivity index (χ4v) is 3.83. The molecule has 2 unspecified atom stereocenters. The van der Waals surface area contributed by atoms with Gasteiger partial charge in [-0.05, 0) is 51.2 Å². The number of amides is 3. The van der Waals surface area contributed by atoms with Crippen molar-refractivity contribution in [1.29, 1.82) is 0 Å². The minimum Gasteiger partial charge on any atom is -0.507 e. The molecule has 0 radical (unpaired) electrons. The van der Waals surface area contributed by atoms with E-state index in [4.69, 9.17) is 4.74 Å². The van der Waals surface area contributed by atoms with Gasteiger partial charge in [0.25, 0.3) is 0 Å². The quantitative estimate of drug-likeness (QED) is 0.474. The zero-order valence-electron chi connectivity index (χ0n) is 22.3. The zero-order valence-corrected chi connectivity index (χ0v) is 22.3. The van der Waals surface area contributed by atoms with Crippen LogP contribution in [0.2, 0.25) is 0 Å². The van der Waals surface area contributed by atoms with Crippen LogP contribution >= 0.6 is 0 Å². The predicted molar refractivity (Wildman–Crippen MR) is 139 cm³/mol. The number of hydrogen-bond acceptors (Lipinski definition) is 5. The summed E-state index contributed by atoms with van der Waals surface area (Å²) < 4.78 is 5.35. The number of ether oxygens (including phenoxy) is 1. The molecule has 0 aliphatic heterocycles. The molecule has 3 amide bonds. The molecule has 0 aliphatic rings. The van der Waals surface area contributed by atoms with Gasteiger partial charge in [0.1, 0.15) is 23.4 Å². The monoisotopic (exact) mass is 497 g/mol. The molecule has 0 aromatic heterocycles. The fraction of sp³-hybridized carbons (Fsp3) is 0.464. The van der Waals surface area contributed by atoms with E-state index in [2.05, 4.69) is 10.6 Å². The molecule has 0 fully saturated rings. The van der Waals surface area contributed by atoms with Gasteiger partial charge in [-0.15, -0.1) is 0 Å². The summed E-state index contributed by atoms with van der Waals surface area (Å²) in [4.78, 5) is 40.9. The number of nitrogens with one attached hydrogen (secondary N) is 2. The summed E-state index contributed by atoms with van der Waals surface area (Å²) in [6.07, 6.45) is -0.362. The Morgan fingerprint density at radius 2 is 1.67 bits per heavy atom. The van der Waals surface area contributed by atoms with Crippen LogP contribution in [-0.4, -0.2) is 46.6 Å². The van der Waals surface area contributed by atoms with E-state index in [1.807, 2.05) is 44.2 Å². The number of phenolic OH excluding ortho intramolecular Hbond substituents is 1. The first-order chi connectivity index (χ1) is 16.8. The van der Waals surface area contributed by atoms with Crippen molar-refractivity contribution in [2.45, 2.75) is 72.2 Å². The number of aryl methyl sites for hydroxylation is 1. The largest absolute Gasteiger partial charge is 0.507 e. The topological polar surface area (TPSA) is 108 Å². The van der Waals surface area contributed by atoms with E-state index in [1.54, 1.807) is 45.9 Å². The van der Waals surface area contributed by atoms with E-state index >= 15 is 0 Å². The minimum atomic E-state index is -1.11. The first-order valence-electron chi connectivity index (χ1n) is 12.2. The van der Waals surface area contributed by atoms with Gasteiger partial charge in [-0.2, -0.15) is 0 Å². The molecular weight excluding hydrogens is 458 g/mol. The summed E-state index contributed by atoms with van der Waals surface area (Å²) in [6, 6.07) is 12.5. The lowest BCUT2D eigenvalue weighted by Gasteiger charge is -2.32. The molecular formula is C28H39N3O5. The molecule has 0 aliphatic carbocycles. The Morgan fingerprint density at radius 3 is 2.25 bits per heavy atom. The van der Waals surface area contributed by atoms with Crippen LogP contribution in [0.1, 0.15) is 63.8 Å². The molecule has 0 heterocycles. The molecule has 0 saturated carbocycles. The maximum absolute atomic E-state index is 13.7. The highest BCUT2D eigenvalue weighted by Gasteiger charge is 2.35. The Kier molecular flexibility index (Phi) is 9.90. The predicted octanol–water partition coefficient (Wildman–Crippen LogP) is 4.46. The lowest BCUT2D eigenvalue weighted by Crippen LogP contribution is -2.52. The summed E-state index contributed by atoms with van der Waals surface area (Å²) in [7, 11) is 1.50. The average Bonchev–Trinajstić information content (AvgIpc) is 2.78. The van der Waals surface area contributed by atoms with Gasteiger partial charge in [0.15, 0.2) is 0 Å². The lowest BCUT2D eigenvalue weighted by molar-refractivity contribution is -0.141. The molecule has 2 aromatic carbocycles. The summed E-state index contributed by atoms with van der Waals surface area (Å²) in [5, 5.41) is 16.3. The van der Waals surface area contributed by atoms with Gasteiger partial charge in [-0.1, -0.05) is 62.4 Å². The molecule has 36 heavy (non-hydrogen) atoms. The lowest BCUT2D eigenvalue weighted by atomic mass is 9.98. The third-order valence-corrected chi connectivity index (χ3v) is 5.55. The SMILES string of the molecule is Cc1cccc(C(C(=O)NCc2ccccc2)N(C)C(=O)C(CC(C)C)NC(=O)OC(C)(C)C)c1O. The Bertz CT molecular complexity index is 1050. The third-order valence-electron chi connectivity index (χ3n) is 5.55. The third kappa shape index (κ3) is 8.29. The summed E-state index contributed by atoms with van der Waals surface area (Å²) in [5.41, 5.74) is 1.06. The number of rotatable bonds is 9. The van der Waals surface area contributed by atoms with Gasteiger partial charge in [-0.25, -0.2) is 4.79 Å². The number of nitrogens with zero attached hydrogens (tertiary/aromatic N) is 1. The Morgan fingerprint density at radius 1 is 1.03 bits per heavy atom. The smallest absolute Gasteiger partial charge is 0.408 e. The molecule has 8 heteroatoms. The molecule has 0 saturated heterocycles. The number of hydrogen-bond donors (Lipinski definition) is 3. The number of para-hydroxylation sites is 1. The van der Waals surface area contributed by atoms with Crippen LogP contribution in [0.5, 0.6) is 5.75 Å². The van der Waals surface area contributed by atoms with E-state index in [0.717, 1.165) is 5.56 Å². The molecule has 196 valence electrons. The Balaban J connectivity index is 2.37. The molecule has 0 spiro atoms. The number of carbonyl (C=O) groups excluding carboxylic acids is 3. The molecule has 0 bridgehead atoms. The first-order valence-corrected chi connectivity index (χ1v) is 12.2. The van der Waals surface area contributed by atoms with E-state index < -0.39 is 35.6 Å². The van der Waals surface area contributed by atoms with Crippen molar-refractivity contribution in [3.8, 4) is 5.75 Å². The van der Waals surface area contributed by atoms with Crippen LogP contribution in [0.3, 0.4) is 0 Å². The summed E-state index contributed by atoms with van der Waals surface area (Å²) >= 11 is 0. The van der Waals surface area contributed by atoms with Crippen LogP contribution in [0, 0.1) is 12.8 Å².